The number of aromatic nitrogens is 3. The van der Waals surface area contributed by atoms with Crippen LogP contribution in [0, 0.1) is 0 Å². The number of benzene rings is 2. The first kappa shape index (κ1) is 27.2. The third-order valence-corrected chi connectivity index (χ3v) is 11.7. The molecule has 0 radical (unpaired) electrons. The van der Waals surface area contributed by atoms with Gasteiger partial charge in [0, 0.05) is 35.9 Å². The summed E-state index contributed by atoms with van der Waals surface area (Å²) < 4.78 is 34.1. The number of ether oxygens (including phenoxy) is 1. The number of nitrogens with zero attached hydrogens (tertiary/aromatic N) is 4. The van der Waals surface area contributed by atoms with Crippen molar-refractivity contribution < 1.29 is 13.2 Å². The van der Waals surface area contributed by atoms with E-state index in [-0.39, 0.29) is 17.6 Å². The molecule has 3 aliphatic rings. The minimum Gasteiger partial charge on any atom is -0.371 e. The van der Waals surface area contributed by atoms with Crippen molar-refractivity contribution in [2.45, 2.75) is 60.8 Å². The Kier molecular flexibility index (Phi) is 6.49. The average Bonchev–Trinajstić information content (AvgIpc) is 3.81. The number of sulfone groups is 1. The third-order valence-electron chi connectivity index (χ3n) is 9.11. The molecular weight excluding hydrogens is 550 g/mol. The van der Waals surface area contributed by atoms with Gasteiger partial charge in [0.2, 0.25) is 5.95 Å². The van der Waals surface area contributed by atoms with Gasteiger partial charge >= 0.3 is 0 Å². The van der Waals surface area contributed by atoms with E-state index in [9.17, 15) is 13.2 Å². The first-order chi connectivity index (χ1) is 20.1. The van der Waals surface area contributed by atoms with Crippen LogP contribution in [0.25, 0.3) is 11.0 Å². The number of pyridine rings is 1. The van der Waals surface area contributed by atoms with Crippen LogP contribution < -0.4 is 10.9 Å². The molecule has 4 heterocycles. The van der Waals surface area contributed by atoms with Crippen molar-refractivity contribution >= 4 is 32.5 Å². The van der Waals surface area contributed by atoms with E-state index in [1.807, 2.05) is 42.5 Å². The Morgan fingerprint density at radius 2 is 1.83 bits per heavy atom. The molecule has 42 heavy (non-hydrogen) atoms. The van der Waals surface area contributed by atoms with E-state index >= 15 is 0 Å². The van der Waals surface area contributed by atoms with E-state index in [0.29, 0.717) is 35.1 Å². The van der Waals surface area contributed by atoms with Gasteiger partial charge in [0.05, 0.1) is 28.4 Å². The van der Waals surface area contributed by atoms with Crippen LogP contribution in [-0.2, 0) is 21.0 Å². The Balaban J connectivity index is 1.30. The Morgan fingerprint density at radius 3 is 2.57 bits per heavy atom. The lowest BCUT2D eigenvalue weighted by Crippen LogP contribution is -2.49. The highest BCUT2D eigenvalue weighted by molar-refractivity contribution is 7.93. The fraction of sp³-hybridized carbons (Fsp3) is 0.406. The van der Waals surface area contributed by atoms with Crippen LogP contribution in [0.1, 0.15) is 61.4 Å². The zero-order valence-electron chi connectivity index (χ0n) is 24.1. The average molecular weight is 586 g/mol. The molecule has 1 saturated heterocycles. The molecule has 2 unspecified atom stereocenters. The maximum Gasteiger partial charge on any atom is 0.256 e. The number of fused-ring (bicyclic) bond motifs is 2. The van der Waals surface area contributed by atoms with Crippen molar-refractivity contribution in [2.75, 3.05) is 32.1 Å². The number of hydrogen-bond donors (Lipinski definition) is 1. The standard InChI is InChI=1S/C32H35N5O4S/c1-32(2)28(17-22-6-4-5-7-27(22)42(32,39)40)37-29-23(16-25(30(37)38)20-8-9-20)18-33-31(35-29)34-24-12-10-21(11-13-24)26-19-36(3)14-15-41-26/h4-7,10-13,16,18,20,26,28H,8-9,14-15,17,19H2,1-3H3,(H,33,34,35). The molecule has 1 saturated carbocycles. The van der Waals surface area contributed by atoms with Gasteiger partial charge < -0.3 is 15.0 Å². The van der Waals surface area contributed by atoms with Gasteiger partial charge in [-0.3, -0.25) is 9.36 Å². The Labute approximate surface area is 245 Å². The summed E-state index contributed by atoms with van der Waals surface area (Å²) in [6, 6.07) is 16.4. The van der Waals surface area contributed by atoms with E-state index in [0.717, 1.165) is 48.1 Å². The summed E-state index contributed by atoms with van der Waals surface area (Å²) in [6.07, 6.45) is 4.08. The fourth-order valence-corrected chi connectivity index (χ4v) is 8.19. The van der Waals surface area contributed by atoms with Crippen LogP contribution in [0.2, 0.25) is 0 Å². The molecule has 2 atom stereocenters. The molecule has 1 N–H and O–H groups in total. The van der Waals surface area contributed by atoms with Crippen molar-refractivity contribution in [3.05, 3.63) is 87.8 Å². The topological polar surface area (TPSA) is 106 Å². The van der Waals surface area contributed by atoms with Gasteiger partial charge in [0.1, 0.15) is 5.65 Å². The largest absolute Gasteiger partial charge is 0.371 e. The van der Waals surface area contributed by atoms with Crippen LogP contribution in [-0.4, -0.2) is 59.3 Å². The molecule has 7 rings (SSSR count). The lowest BCUT2D eigenvalue weighted by molar-refractivity contribution is -0.0208. The van der Waals surface area contributed by atoms with Gasteiger partial charge in [0.15, 0.2) is 9.84 Å². The predicted molar refractivity (Wildman–Crippen MR) is 162 cm³/mol. The number of likely N-dealkylation sites (N-methyl/N-ethyl adjacent to an activating group) is 1. The molecule has 0 bridgehead atoms. The molecule has 0 amide bonds. The van der Waals surface area contributed by atoms with Crippen molar-refractivity contribution in [1.82, 2.24) is 19.4 Å². The van der Waals surface area contributed by atoms with E-state index in [1.54, 1.807) is 36.7 Å². The smallest absolute Gasteiger partial charge is 0.256 e. The summed E-state index contributed by atoms with van der Waals surface area (Å²) in [6.45, 7) is 5.93. The summed E-state index contributed by atoms with van der Waals surface area (Å²) >= 11 is 0. The molecule has 2 aromatic heterocycles. The van der Waals surface area contributed by atoms with Gasteiger partial charge in [-0.25, -0.2) is 13.4 Å². The summed E-state index contributed by atoms with van der Waals surface area (Å²) in [4.78, 5) is 26.1. The maximum absolute atomic E-state index is 14.1. The minimum absolute atomic E-state index is 0.0325. The van der Waals surface area contributed by atoms with Crippen molar-refractivity contribution in [3.63, 3.8) is 0 Å². The van der Waals surface area contributed by atoms with E-state index in [4.69, 9.17) is 9.72 Å². The first-order valence-electron chi connectivity index (χ1n) is 14.6. The summed E-state index contributed by atoms with van der Waals surface area (Å²) in [5.41, 5.74) is 3.62. The molecule has 2 aliphatic heterocycles. The van der Waals surface area contributed by atoms with E-state index in [2.05, 4.69) is 22.2 Å². The third kappa shape index (κ3) is 4.53. The molecule has 218 valence electrons. The summed E-state index contributed by atoms with van der Waals surface area (Å²) in [5, 5.41) is 4.00. The second kappa shape index (κ2) is 10.00. The maximum atomic E-state index is 14.1. The lowest BCUT2D eigenvalue weighted by Gasteiger charge is -2.40. The Bertz CT molecular complexity index is 1850. The minimum atomic E-state index is -3.73. The monoisotopic (exact) mass is 585 g/mol. The zero-order valence-corrected chi connectivity index (χ0v) is 24.9. The zero-order chi connectivity index (χ0) is 29.2. The summed E-state index contributed by atoms with van der Waals surface area (Å²) in [5.74, 6) is 0.529. The van der Waals surface area contributed by atoms with Gasteiger partial charge in [0.25, 0.3) is 5.56 Å². The molecule has 10 heteroatoms. The first-order valence-corrected chi connectivity index (χ1v) is 16.0. The number of anilines is 2. The van der Waals surface area contributed by atoms with Crippen LogP contribution in [0.5, 0.6) is 0 Å². The fourth-order valence-electron chi connectivity index (χ4n) is 6.32. The van der Waals surface area contributed by atoms with Crippen molar-refractivity contribution in [2.24, 2.45) is 0 Å². The number of morpholine rings is 1. The SMILES string of the molecule is CN1CCOC(c2ccc(Nc3ncc4cc(C5CC5)c(=O)n(C5Cc6ccccc6S(=O)(=O)C5(C)C)c4n3)cc2)C1. The van der Waals surface area contributed by atoms with Gasteiger partial charge in [-0.1, -0.05) is 30.3 Å². The number of hydrogen-bond acceptors (Lipinski definition) is 8. The molecule has 2 fully saturated rings. The highest BCUT2D eigenvalue weighted by Crippen LogP contribution is 2.45. The molecule has 2 aromatic carbocycles. The molecular formula is C32H35N5O4S. The van der Waals surface area contributed by atoms with Crippen LogP contribution in [0.3, 0.4) is 0 Å². The summed E-state index contributed by atoms with van der Waals surface area (Å²) in [7, 11) is -1.63. The number of rotatable bonds is 5. The molecule has 4 aromatic rings. The molecule has 0 spiro atoms. The molecule has 9 nitrogen and oxygen atoms in total. The van der Waals surface area contributed by atoms with Gasteiger partial charge in [-0.2, -0.15) is 4.98 Å². The highest BCUT2D eigenvalue weighted by atomic mass is 32.2. The number of nitrogens with one attached hydrogen (secondary N) is 1. The van der Waals surface area contributed by atoms with Crippen LogP contribution >= 0.6 is 0 Å². The van der Waals surface area contributed by atoms with Crippen LogP contribution in [0.4, 0.5) is 11.6 Å². The normalized spacial score (nSPS) is 23.4. The van der Waals surface area contributed by atoms with Gasteiger partial charge in [-0.05, 0) is 81.5 Å². The van der Waals surface area contributed by atoms with Gasteiger partial charge in [-0.15, -0.1) is 0 Å². The lowest BCUT2D eigenvalue weighted by atomic mass is 9.93. The second-order valence-electron chi connectivity index (χ2n) is 12.3. The van der Waals surface area contributed by atoms with Crippen molar-refractivity contribution in [1.29, 1.82) is 0 Å². The van der Waals surface area contributed by atoms with E-state index < -0.39 is 20.6 Å². The second-order valence-corrected chi connectivity index (χ2v) is 14.8. The van der Waals surface area contributed by atoms with E-state index in [1.165, 1.54) is 0 Å². The van der Waals surface area contributed by atoms with Crippen LogP contribution in [0.15, 0.2) is 70.5 Å². The molecule has 1 aliphatic carbocycles. The quantitative estimate of drug-likeness (QED) is 0.357. The Morgan fingerprint density at radius 1 is 1.07 bits per heavy atom. The highest BCUT2D eigenvalue weighted by Gasteiger charge is 2.49. The Hall–Kier alpha value is -3.60. The van der Waals surface area contributed by atoms with Crippen molar-refractivity contribution in [3.8, 4) is 0 Å². The predicted octanol–water partition coefficient (Wildman–Crippen LogP) is 4.77.